The number of rotatable bonds is 7. The van der Waals surface area contributed by atoms with Crippen LogP contribution in [-0.2, 0) is 20.8 Å². The summed E-state index contributed by atoms with van der Waals surface area (Å²) in [6.45, 7) is 5.77. The van der Waals surface area contributed by atoms with Crippen LogP contribution in [0.15, 0.2) is 48.5 Å². The summed E-state index contributed by atoms with van der Waals surface area (Å²) in [5.74, 6) is -0.376. The van der Waals surface area contributed by atoms with Crippen LogP contribution in [0.1, 0.15) is 58.4 Å². The molecule has 2 aromatic carbocycles. The predicted octanol–water partition coefficient (Wildman–Crippen LogP) is 4.98. The van der Waals surface area contributed by atoms with Gasteiger partial charge in [-0.15, -0.1) is 12.6 Å². The zero-order valence-corrected chi connectivity index (χ0v) is 23.8. The van der Waals surface area contributed by atoms with E-state index in [-0.39, 0.29) is 35.8 Å². The number of ketones is 1. The summed E-state index contributed by atoms with van der Waals surface area (Å²) in [5, 5.41) is 5.41. The van der Waals surface area contributed by atoms with Crippen molar-refractivity contribution in [2.45, 2.75) is 71.4 Å². The maximum Gasteiger partial charge on any atom is 0.319 e. The van der Waals surface area contributed by atoms with Crippen LogP contribution in [0, 0.1) is 5.41 Å². The van der Waals surface area contributed by atoms with Gasteiger partial charge in [0.25, 0.3) is 5.91 Å². The second-order valence-electron chi connectivity index (χ2n) is 11.5. The lowest BCUT2D eigenvalue weighted by atomic mass is 9.90. The molecule has 1 saturated carbocycles. The molecule has 3 amide bonds. The zero-order valence-electron chi connectivity index (χ0n) is 22.9. The number of anilines is 3. The Morgan fingerprint density at radius 2 is 1.67 bits per heavy atom. The number of Topliss-reactive ketones (excluding diaryl/α,β-unsaturated/α-hetero) is 1. The van der Waals surface area contributed by atoms with E-state index >= 15 is 0 Å². The molecule has 0 bridgehead atoms. The van der Waals surface area contributed by atoms with Crippen LogP contribution in [0.3, 0.4) is 0 Å². The number of carbonyl (C=O) groups excluding carboxylic acids is 4. The van der Waals surface area contributed by atoms with Crippen LogP contribution < -0.4 is 20.4 Å². The Kier molecular flexibility index (Phi) is 9.00. The van der Waals surface area contributed by atoms with Gasteiger partial charge in [0.1, 0.15) is 6.04 Å². The minimum Gasteiger partial charge on any atom is -0.364 e. The van der Waals surface area contributed by atoms with E-state index in [2.05, 4.69) is 28.2 Å². The van der Waals surface area contributed by atoms with E-state index in [9.17, 15) is 19.2 Å². The number of nitrogens with one attached hydrogen (secondary N) is 2. The quantitative estimate of drug-likeness (QED) is 0.423. The Morgan fingerprint density at radius 3 is 2.33 bits per heavy atom. The van der Waals surface area contributed by atoms with E-state index < -0.39 is 17.5 Å². The standard InChI is InChI=1S/C30H38N4O4S/c1-30(2,3)26(35)19-34-25-15-8-7-14-24(25)33(22-12-5-4-6-13-22)18-23(28(34)37)32-29(38)31-21-11-9-10-20(16-21)17-27(36)39/h7-11,14-16,22-23H,4-6,12-13,17-19H2,1-3H3,(H,36,39)(H2,31,32,38). The number of hydrogen-bond acceptors (Lipinski definition) is 5. The van der Waals surface area contributed by atoms with Gasteiger partial charge in [-0.3, -0.25) is 14.4 Å². The highest BCUT2D eigenvalue weighted by atomic mass is 32.1. The average Bonchev–Trinajstić information content (AvgIpc) is 2.99. The van der Waals surface area contributed by atoms with Crippen molar-refractivity contribution in [3.63, 3.8) is 0 Å². The molecule has 0 spiro atoms. The average molecular weight is 551 g/mol. The normalized spacial score (nSPS) is 18.3. The fraction of sp³-hybridized carbons (Fsp3) is 0.467. The first-order chi connectivity index (χ1) is 18.5. The summed E-state index contributed by atoms with van der Waals surface area (Å²) in [7, 11) is 0. The molecule has 2 aliphatic rings. The zero-order chi connectivity index (χ0) is 28.2. The summed E-state index contributed by atoms with van der Waals surface area (Å²) < 4.78 is 0. The van der Waals surface area contributed by atoms with Crippen molar-refractivity contribution in [2.75, 3.05) is 28.2 Å². The maximum atomic E-state index is 14.0. The van der Waals surface area contributed by atoms with E-state index in [1.807, 2.05) is 45.0 Å². The molecule has 208 valence electrons. The molecule has 9 heteroatoms. The van der Waals surface area contributed by atoms with Crippen molar-refractivity contribution in [1.82, 2.24) is 5.32 Å². The monoisotopic (exact) mass is 550 g/mol. The Bertz CT molecular complexity index is 1240. The van der Waals surface area contributed by atoms with Gasteiger partial charge in [-0.25, -0.2) is 4.79 Å². The summed E-state index contributed by atoms with van der Waals surface area (Å²) in [5.41, 5.74) is 2.22. The number of amides is 3. The lowest BCUT2D eigenvalue weighted by Gasteiger charge is -2.37. The number of fused-ring (bicyclic) bond motifs is 1. The molecular formula is C30H38N4O4S. The third kappa shape index (κ3) is 7.20. The molecule has 1 aliphatic carbocycles. The van der Waals surface area contributed by atoms with Gasteiger partial charge in [-0.2, -0.15) is 0 Å². The second kappa shape index (κ2) is 12.2. The van der Waals surface area contributed by atoms with Crippen molar-refractivity contribution in [2.24, 2.45) is 5.41 Å². The number of carbonyl (C=O) groups is 4. The molecule has 39 heavy (non-hydrogen) atoms. The molecule has 0 aromatic heterocycles. The first-order valence-electron chi connectivity index (χ1n) is 13.6. The van der Waals surface area contributed by atoms with E-state index in [1.54, 1.807) is 24.3 Å². The Balaban J connectivity index is 1.63. The molecule has 1 atom stereocenters. The lowest BCUT2D eigenvalue weighted by molar-refractivity contribution is -0.127. The van der Waals surface area contributed by atoms with Gasteiger partial charge in [0.2, 0.25) is 0 Å². The summed E-state index contributed by atoms with van der Waals surface area (Å²) >= 11 is 3.83. The third-order valence-corrected chi connectivity index (χ3v) is 7.58. The Hall–Kier alpha value is -3.33. The molecule has 0 radical (unpaired) electrons. The van der Waals surface area contributed by atoms with Crippen LogP contribution in [0.5, 0.6) is 0 Å². The van der Waals surface area contributed by atoms with Crippen molar-refractivity contribution in [1.29, 1.82) is 0 Å². The van der Waals surface area contributed by atoms with Crippen molar-refractivity contribution >= 4 is 52.5 Å². The number of para-hydroxylation sites is 2. The van der Waals surface area contributed by atoms with E-state index in [1.165, 1.54) is 11.3 Å². The molecular weight excluding hydrogens is 512 g/mol. The Morgan fingerprint density at radius 1 is 0.974 bits per heavy atom. The SMILES string of the molecule is CC(C)(C)C(=O)CN1C(=O)C(NC(=O)Nc2cccc(CC(=O)S)c2)CN(C2CCCCC2)c2ccccc21. The van der Waals surface area contributed by atoms with Gasteiger partial charge in [0.15, 0.2) is 10.9 Å². The maximum absolute atomic E-state index is 14.0. The largest absolute Gasteiger partial charge is 0.364 e. The highest BCUT2D eigenvalue weighted by Crippen LogP contribution is 2.37. The van der Waals surface area contributed by atoms with E-state index in [4.69, 9.17) is 0 Å². The van der Waals surface area contributed by atoms with Gasteiger partial charge in [0.05, 0.1) is 17.9 Å². The van der Waals surface area contributed by atoms with Gasteiger partial charge in [-0.1, -0.05) is 64.3 Å². The number of hydrogen-bond donors (Lipinski definition) is 3. The van der Waals surface area contributed by atoms with Crippen LogP contribution in [0.2, 0.25) is 0 Å². The molecule has 1 unspecified atom stereocenters. The van der Waals surface area contributed by atoms with Crippen molar-refractivity contribution < 1.29 is 19.2 Å². The van der Waals surface area contributed by atoms with Crippen molar-refractivity contribution in [3.05, 3.63) is 54.1 Å². The van der Waals surface area contributed by atoms with Gasteiger partial charge >= 0.3 is 6.03 Å². The first kappa shape index (κ1) is 28.7. The highest BCUT2D eigenvalue weighted by molar-refractivity contribution is 7.96. The predicted molar refractivity (Wildman–Crippen MR) is 158 cm³/mol. The lowest BCUT2D eigenvalue weighted by Crippen LogP contribution is -2.55. The minimum absolute atomic E-state index is 0.0597. The smallest absolute Gasteiger partial charge is 0.319 e. The minimum atomic E-state index is -0.866. The molecule has 1 aliphatic heterocycles. The summed E-state index contributed by atoms with van der Waals surface area (Å²) in [4.78, 5) is 55.5. The molecule has 0 saturated heterocycles. The van der Waals surface area contributed by atoms with E-state index in [0.717, 1.165) is 36.9 Å². The first-order valence-corrected chi connectivity index (χ1v) is 14.1. The summed E-state index contributed by atoms with van der Waals surface area (Å²) in [6.07, 6.45) is 5.60. The molecule has 1 heterocycles. The third-order valence-electron chi connectivity index (χ3n) is 7.42. The van der Waals surface area contributed by atoms with Gasteiger partial charge in [0, 0.05) is 30.1 Å². The molecule has 2 aromatic rings. The number of urea groups is 1. The van der Waals surface area contributed by atoms with Crippen LogP contribution in [0.4, 0.5) is 21.9 Å². The van der Waals surface area contributed by atoms with Crippen LogP contribution in [0.25, 0.3) is 0 Å². The second-order valence-corrected chi connectivity index (χ2v) is 12.0. The molecule has 2 N–H and O–H groups in total. The van der Waals surface area contributed by atoms with Crippen molar-refractivity contribution in [3.8, 4) is 0 Å². The highest BCUT2D eigenvalue weighted by Gasteiger charge is 2.39. The topological polar surface area (TPSA) is 98.8 Å². The summed E-state index contributed by atoms with van der Waals surface area (Å²) in [6, 6.07) is 13.5. The fourth-order valence-electron chi connectivity index (χ4n) is 5.26. The van der Waals surface area contributed by atoms with E-state index in [0.29, 0.717) is 17.9 Å². The van der Waals surface area contributed by atoms with Crippen LogP contribution >= 0.6 is 12.6 Å². The molecule has 1 fully saturated rings. The molecule has 8 nitrogen and oxygen atoms in total. The van der Waals surface area contributed by atoms with Gasteiger partial charge < -0.3 is 20.4 Å². The van der Waals surface area contributed by atoms with Gasteiger partial charge in [-0.05, 0) is 42.7 Å². The number of nitrogens with zero attached hydrogens (tertiary/aromatic N) is 2. The fourth-order valence-corrected chi connectivity index (χ4v) is 5.45. The number of benzene rings is 2. The molecule has 4 rings (SSSR count). The van der Waals surface area contributed by atoms with Crippen LogP contribution in [-0.4, -0.2) is 48.0 Å². The Labute approximate surface area is 235 Å². The number of thiol groups is 1.